The van der Waals surface area contributed by atoms with Gasteiger partial charge in [-0.3, -0.25) is 9.69 Å². The fourth-order valence-electron chi connectivity index (χ4n) is 4.10. The second-order valence-corrected chi connectivity index (χ2v) is 11.3. The van der Waals surface area contributed by atoms with Gasteiger partial charge in [0.25, 0.3) is 5.91 Å². The zero-order valence-electron chi connectivity index (χ0n) is 21.4. The van der Waals surface area contributed by atoms with E-state index in [1.165, 1.54) is 14.2 Å². The number of thiocarbonyl (C=S) groups is 1. The van der Waals surface area contributed by atoms with E-state index in [2.05, 4.69) is 0 Å². The van der Waals surface area contributed by atoms with Gasteiger partial charge in [-0.15, -0.1) is 0 Å². The summed E-state index contributed by atoms with van der Waals surface area (Å²) in [5, 5.41) is 0. The first kappa shape index (κ1) is 27.7. The van der Waals surface area contributed by atoms with Crippen molar-refractivity contribution < 1.29 is 33.3 Å². The molecule has 2 aromatic rings. The average molecular weight is 572 g/mol. The molecule has 38 heavy (non-hydrogen) atoms. The van der Waals surface area contributed by atoms with Gasteiger partial charge < -0.3 is 18.9 Å². The van der Waals surface area contributed by atoms with Crippen molar-refractivity contribution in [2.24, 2.45) is 0 Å². The number of para-hydroxylation sites is 1. The zero-order valence-corrected chi connectivity index (χ0v) is 23.8. The van der Waals surface area contributed by atoms with Crippen LogP contribution in [-0.2, 0) is 23.9 Å². The molecule has 0 aromatic heterocycles. The van der Waals surface area contributed by atoms with Crippen LogP contribution in [0.15, 0.2) is 62.6 Å². The summed E-state index contributed by atoms with van der Waals surface area (Å²) in [6.45, 7) is 3.49. The zero-order chi connectivity index (χ0) is 27.6. The lowest BCUT2D eigenvalue weighted by Gasteiger charge is -2.45. The maximum absolute atomic E-state index is 13.6. The largest absolute Gasteiger partial charge is 0.497 e. The third kappa shape index (κ3) is 5.05. The minimum atomic E-state index is -0.964. The van der Waals surface area contributed by atoms with Crippen molar-refractivity contribution in [1.82, 2.24) is 0 Å². The van der Waals surface area contributed by atoms with Gasteiger partial charge in [-0.25, -0.2) is 9.59 Å². The first-order valence-corrected chi connectivity index (χ1v) is 13.4. The van der Waals surface area contributed by atoms with Gasteiger partial charge in [-0.05, 0) is 38.1 Å². The number of hydrogen-bond donors (Lipinski definition) is 0. The first-order valence-electron chi connectivity index (χ1n) is 11.4. The number of carbonyl (C=O) groups is 3. The molecule has 4 rings (SSSR count). The number of fused-ring (bicyclic) bond motifs is 1. The Balaban J connectivity index is 1.81. The average Bonchev–Trinajstić information content (AvgIpc) is 3.36. The van der Waals surface area contributed by atoms with Crippen molar-refractivity contribution in [3.63, 3.8) is 0 Å². The third-order valence-electron chi connectivity index (χ3n) is 5.95. The summed E-state index contributed by atoms with van der Waals surface area (Å²) in [7, 11) is 4.04. The van der Waals surface area contributed by atoms with E-state index < -0.39 is 17.5 Å². The minimum Gasteiger partial charge on any atom is -0.497 e. The van der Waals surface area contributed by atoms with Crippen molar-refractivity contribution in [3.05, 3.63) is 68.1 Å². The summed E-state index contributed by atoms with van der Waals surface area (Å²) in [5.41, 5.74) is 0.910. The molecule has 0 aliphatic carbocycles. The van der Waals surface area contributed by atoms with Crippen LogP contribution in [0.25, 0.3) is 5.57 Å². The Hall–Kier alpha value is -3.28. The van der Waals surface area contributed by atoms with Crippen LogP contribution in [0, 0.1) is 0 Å². The maximum Gasteiger partial charge on any atom is 0.346 e. The number of amides is 1. The minimum absolute atomic E-state index is 0.122. The normalized spacial score (nSPS) is 16.2. The highest BCUT2D eigenvalue weighted by Crippen LogP contribution is 2.56. The summed E-state index contributed by atoms with van der Waals surface area (Å²) in [4.78, 5) is 40.9. The molecule has 2 heterocycles. The molecule has 0 radical (unpaired) electrons. The quantitative estimate of drug-likeness (QED) is 0.269. The first-order chi connectivity index (χ1) is 18.1. The van der Waals surface area contributed by atoms with E-state index in [4.69, 9.17) is 31.2 Å². The van der Waals surface area contributed by atoms with Crippen LogP contribution < -0.4 is 14.4 Å². The van der Waals surface area contributed by atoms with Gasteiger partial charge in [0, 0.05) is 17.2 Å². The van der Waals surface area contributed by atoms with Crippen molar-refractivity contribution in [1.29, 1.82) is 0 Å². The van der Waals surface area contributed by atoms with Gasteiger partial charge in [-0.1, -0.05) is 53.9 Å². The Morgan fingerprint density at radius 1 is 0.895 bits per heavy atom. The molecule has 0 saturated heterocycles. The van der Waals surface area contributed by atoms with E-state index in [0.29, 0.717) is 37.4 Å². The molecule has 2 aliphatic heterocycles. The molecule has 2 aromatic carbocycles. The van der Waals surface area contributed by atoms with E-state index in [1.807, 2.05) is 38.1 Å². The number of benzene rings is 2. The summed E-state index contributed by atoms with van der Waals surface area (Å²) in [6.07, 6.45) is 0. The predicted molar refractivity (Wildman–Crippen MR) is 152 cm³/mol. The predicted octanol–water partition coefficient (Wildman–Crippen LogP) is 4.98. The molecule has 11 heteroatoms. The fraction of sp³-hybridized carbons (Fsp3) is 0.259. The lowest BCUT2D eigenvalue weighted by molar-refractivity contribution is -0.138. The number of anilines is 1. The number of methoxy groups -OCH3 is 3. The summed E-state index contributed by atoms with van der Waals surface area (Å²) in [6, 6.07) is 14.4. The van der Waals surface area contributed by atoms with Crippen molar-refractivity contribution in [2.45, 2.75) is 19.4 Å². The molecule has 0 N–H and O–H groups in total. The fourth-order valence-corrected chi connectivity index (χ4v) is 7.13. The molecule has 198 valence electrons. The van der Waals surface area contributed by atoms with Gasteiger partial charge in [0.15, 0.2) is 6.61 Å². The molecule has 0 unspecified atom stereocenters. The van der Waals surface area contributed by atoms with Crippen LogP contribution >= 0.6 is 35.7 Å². The van der Waals surface area contributed by atoms with E-state index >= 15 is 0 Å². The second kappa shape index (κ2) is 11.2. The van der Waals surface area contributed by atoms with Crippen LogP contribution in [0.4, 0.5) is 5.69 Å². The molecule has 1 amide bonds. The molecule has 0 atom stereocenters. The van der Waals surface area contributed by atoms with Crippen molar-refractivity contribution in [3.8, 4) is 11.5 Å². The SMILES string of the molecule is COC(=O)C1=C(C(=O)OC)SC(=C2C(=S)C(C)(C)N(C(=O)COc3ccccc3)c3cc(OC)ccc32)S1. The number of hydrogen-bond acceptors (Lipinski definition) is 10. The van der Waals surface area contributed by atoms with Gasteiger partial charge >= 0.3 is 11.9 Å². The highest BCUT2D eigenvalue weighted by atomic mass is 32.2. The van der Waals surface area contributed by atoms with Crippen molar-refractivity contribution in [2.75, 3.05) is 32.8 Å². The lowest BCUT2D eigenvalue weighted by Crippen LogP contribution is -2.57. The molecule has 0 fully saturated rings. The van der Waals surface area contributed by atoms with Crippen LogP contribution in [-0.4, -0.2) is 56.2 Å². The number of ether oxygens (including phenoxy) is 4. The number of rotatable bonds is 6. The third-order valence-corrected chi connectivity index (χ3v) is 9.21. The van der Waals surface area contributed by atoms with Crippen molar-refractivity contribution >= 4 is 69.7 Å². The van der Waals surface area contributed by atoms with Gasteiger partial charge in [0.1, 0.15) is 21.3 Å². The number of nitrogens with zero attached hydrogens (tertiary/aromatic N) is 1. The van der Waals surface area contributed by atoms with Gasteiger partial charge in [0.05, 0.1) is 41.7 Å². The van der Waals surface area contributed by atoms with Crippen LogP contribution in [0.5, 0.6) is 11.5 Å². The van der Waals surface area contributed by atoms with Gasteiger partial charge in [-0.2, -0.15) is 0 Å². The Labute approximate surface area is 234 Å². The van der Waals surface area contributed by atoms with Crippen LogP contribution in [0.1, 0.15) is 19.4 Å². The molecule has 8 nitrogen and oxygen atoms in total. The smallest absolute Gasteiger partial charge is 0.346 e. The highest BCUT2D eigenvalue weighted by Gasteiger charge is 2.46. The van der Waals surface area contributed by atoms with E-state index in [0.717, 1.165) is 23.5 Å². The lowest BCUT2D eigenvalue weighted by atomic mass is 9.83. The Kier molecular flexibility index (Phi) is 8.19. The maximum atomic E-state index is 13.6. The number of thioether (sulfide) groups is 2. The number of carbonyl (C=O) groups excluding carboxylic acids is 3. The Bertz CT molecular complexity index is 1350. The summed E-state index contributed by atoms with van der Waals surface area (Å²) < 4.78 is 21.6. The molecular weight excluding hydrogens is 546 g/mol. The molecular formula is C27H25NO7S3. The number of esters is 2. The summed E-state index contributed by atoms with van der Waals surface area (Å²) in [5.74, 6) is -0.472. The molecule has 2 aliphatic rings. The Morgan fingerprint density at radius 3 is 2.05 bits per heavy atom. The molecule has 0 spiro atoms. The Morgan fingerprint density at radius 2 is 1.50 bits per heavy atom. The van der Waals surface area contributed by atoms with E-state index in [1.54, 1.807) is 36.3 Å². The second-order valence-electron chi connectivity index (χ2n) is 8.61. The van der Waals surface area contributed by atoms with E-state index in [-0.39, 0.29) is 22.3 Å². The monoisotopic (exact) mass is 571 g/mol. The topological polar surface area (TPSA) is 91.4 Å². The van der Waals surface area contributed by atoms with E-state index in [9.17, 15) is 14.4 Å². The standard InChI is InChI=1S/C27H25NO7S3/c1-27(2)23(36)20(26-37-21(24(30)33-4)22(38-26)25(31)34-5)17-12-11-16(32-3)13-18(17)28(27)19(29)14-35-15-9-7-6-8-10-15/h6-13H,14H2,1-5H3. The van der Waals surface area contributed by atoms with Crippen LogP contribution in [0.3, 0.4) is 0 Å². The molecule has 0 saturated carbocycles. The highest BCUT2D eigenvalue weighted by molar-refractivity contribution is 8.29. The van der Waals surface area contributed by atoms with Crippen LogP contribution in [0.2, 0.25) is 0 Å². The summed E-state index contributed by atoms with van der Waals surface area (Å²) >= 11 is 8.17. The molecule has 0 bridgehead atoms. The van der Waals surface area contributed by atoms with Gasteiger partial charge in [0.2, 0.25) is 0 Å².